The third-order valence-electron chi connectivity index (χ3n) is 5.05. The molecule has 0 saturated carbocycles. The van der Waals surface area contributed by atoms with Crippen LogP contribution in [0.25, 0.3) is 0 Å². The first-order valence-corrected chi connectivity index (χ1v) is 9.61. The first-order valence-electron chi connectivity index (χ1n) is 9.61. The number of aliphatic imine (C=N–C) groups is 1. The van der Waals surface area contributed by atoms with Crippen LogP contribution in [0.1, 0.15) is 37.8 Å². The lowest BCUT2D eigenvalue weighted by atomic mass is 9.90. The quantitative estimate of drug-likeness (QED) is 0.611. The minimum absolute atomic E-state index is 0.192. The Hall–Kier alpha value is -2.77. The number of methoxy groups -OCH3 is 2. The van der Waals surface area contributed by atoms with Gasteiger partial charge in [0.2, 0.25) is 11.9 Å². The molecule has 28 heavy (non-hydrogen) atoms. The van der Waals surface area contributed by atoms with Gasteiger partial charge in [-0.15, -0.1) is 0 Å². The van der Waals surface area contributed by atoms with Crippen molar-refractivity contribution in [3.8, 4) is 11.5 Å². The van der Waals surface area contributed by atoms with Gasteiger partial charge in [-0.3, -0.25) is 14.9 Å². The van der Waals surface area contributed by atoms with Crippen molar-refractivity contribution in [3.63, 3.8) is 0 Å². The summed E-state index contributed by atoms with van der Waals surface area (Å²) in [6.45, 7) is 3.56. The van der Waals surface area contributed by atoms with Crippen LogP contribution in [-0.2, 0) is 14.3 Å². The van der Waals surface area contributed by atoms with Crippen LogP contribution in [0.4, 0.5) is 0 Å². The summed E-state index contributed by atoms with van der Waals surface area (Å²) in [6.07, 6.45) is 3.26. The molecule has 2 aliphatic heterocycles. The second-order valence-electron chi connectivity index (χ2n) is 6.77. The minimum Gasteiger partial charge on any atom is -0.497 e. The van der Waals surface area contributed by atoms with E-state index in [2.05, 4.69) is 10.2 Å². The van der Waals surface area contributed by atoms with Crippen LogP contribution < -0.4 is 14.8 Å². The van der Waals surface area contributed by atoms with Gasteiger partial charge in [0.1, 0.15) is 17.5 Å². The van der Waals surface area contributed by atoms with E-state index in [0.717, 1.165) is 25.9 Å². The standard InChI is InChI=1S/C20H27N3O5/c1-4-28-19(25)16-17(14-9-8-13(26-2)12-15(14)27-3)21-20(22-18(16)24)23-10-6-5-7-11-23/h8-9,12,16-17H,4-7,10-11H2,1-3H3,(H,21,22,24)/t16-,17+/m0/s1. The topological polar surface area (TPSA) is 89.5 Å². The largest absolute Gasteiger partial charge is 0.497 e. The van der Waals surface area contributed by atoms with E-state index in [-0.39, 0.29) is 6.61 Å². The van der Waals surface area contributed by atoms with Crippen LogP contribution in [0.15, 0.2) is 23.2 Å². The molecule has 1 saturated heterocycles. The fourth-order valence-corrected chi connectivity index (χ4v) is 3.62. The molecule has 0 aliphatic carbocycles. The number of hydrogen-bond donors (Lipinski definition) is 1. The van der Waals surface area contributed by atoms with E-state index in [1.165, 1.54) is 13.5 Å². The zero-order chi connectivity index (χ0) is 20.1. The highest BCUT2D eigenvalue weighted by molar-refractivity contribution is 6.08. The van der Waals surface area contributed by atoms with Crippen molar-refractivity contribution in [2.45, 2.75) is 32.2 Å². The number of likely N-dealkylation sites (tertiary alicyclic amines) is 1. The number of nitrogens with zero attached hydrogens (tertiary/aromatic N) is 2. The Balaban J connectivity index is 2.04. The average Bonchev–Trinajstić information content (AvgIpc) is 2.73. The normalized spacial score (nSPS) is 22.2. The summed E-state index contributed by atoms with van der Waals surface area (Å²) in [5.41, 5.74) is 0.644. The van der Waals surface area contributed by atoms with Gasteiger partial charge in [0.25, 0.3) is 0 Å². The molecule has 1 fully saturated rings. The molecule has 0 bridgehead atoms. The number of carbonyl (C=O) groups is 2. The molecule has 2 atom stereocenters. The minimum atomic E-state index is -1.07. The Labute approximate surface area is 164 Å². The molecule has 1 N–H and O–H groups in total. The summed E-state index contributed by atoms with van der Waals surface area (Å²) in [5.74, 6) is -0.436. The van der Waals surface area contributed by atoms with Crippen LogP contribution in [0, 0.1) is 5.92 Å². The molecule has 8 heteroatoms. The molecular weight excluding hydrogens is 362 g/mol. The summed E-state index contributed by atoms with van der Waals surface area (Å²) in [6, 6.07) is 4.54. The molecule has 1 aromatic rings. The van der Waals surface area contributed by atoms with E-state index in [1.54, 1.807) is 32.2 Å². The average molecular weight is 389 g/mol. The van der Waals surface area contributed by atoms with Crippen LogP contribution >= 0.6 is 0 Å². The second kappa shape index (κ2) is 8.95. The first kappa shape index (κ1) is 20.0. The highest BCUT2D eigenvalue weighted by Gasteiger charge is 2.43. The maximum absolute atomic E-state index is 12.9. The summed E-state index contributed by atoms with van der Waals surface area (Å²) < 4.78 is 15.9. The molecule has 0 aromatic heterocycles. The molecule has 2 heterocycles. The van der Waals surface area contributed by atoms with Crippen molar-refractivity contribution in [2.24, 2.45) is 10.9 Å². The van der Waals surface area contributed by atoms with E-state index in [9.17, 15) is 9.59 Å². The van der Waals surface area contributed by atoms with Gasteiger partial charge in [0.15, 0.2) is 5.92 Å². The zero-order valence-electron chi connectivity index (χ0n) is 16.6. The summed E-state index contributed by atoms with van der Waals surface area (Å²) in [4.78, 5) is 32.3. The van der Waals surface area contributed by atoms with Gasteiger partial charge in [-0.25, -0.2) is 4.99 Å². The van der Waals surface area contributed by atoms with Crippen LogP contribution in [0.3, 0.4) is 0 Å². The number of nitrogens with one attached hydrogen (secondary N) is 1. The number of carbonyl (C=O) groups excluding carboxylic acids is 2. The van der Waals surface area contributed by atoms with Gasteiger partial charge in [0, 0.05) is 24.7 Å². The van der Waals surface area contributed by atoms with Crippen molar-refractivity contribution < 1.29 is 23.8 Å². The van der Waals surface area contributed by atoms with Crippen LogP contribution in [0.2, 0.25) is 0 Å². The van der Waals surface area contributed by atoms with Gasteiger partial charge in [-0.05, 0) is 38.3 Å². The maximum atomic E-state index is 12.9. The van der Waals surface area contributed by atoms with E-state index in [0.29, 0.717) is 23.0 Å². The number of piperidine rings is 1. The van der Waals surface area contributed by atoms with Gasteiger partial charge < -0.3 is 19.1 Å². The van der Waals surface area contributed by atoms with Gasteiger partial charge >= 0.3 is 5.97 Å². The molecule has 0 radical (unpaired) electrons. The summed E-state index contributed by atoms with van der Waals surface area (Å²) in [7, 11) is 3.10. The first-order chi connectivity index (χ1) is 13.6. The van der Waals surface area contributed by atoms with Crippen molar-refractivity contribution in [3.05, 3.63) is 23.8 Å². The van der Waals surface area contributed by atoms with Crippen LogP contribution in [0.5, 0.6) is 11.5 Å². The SMILES string of the molecule is CCOC(=O)[C@@H]1C(=O)NC(N2CCCCC2)=N[C@@H]1c1ccc(OC)cc1OC. The maximum Gasteiger partial charge on any atom is 0.321 e. The molecular formula is C20H27N3O5. The third kappa shape index (κ3) is 4.05. The highest BCUT2D eigenvalue weighted by Crippen LogP contribution is 2.38. The molecule has 152 valence electrons. The van der Waals surface area contributed by atoms with Crippen molar-refractivity contribution >= 4 is 17.8 Å². The number of amides is 1. The Kier molecular flexibility index (Phi) is 6.38. The van der Waals surface area contributed by atoms with Crippen molar-refractivity contribution in [2.75, 3.05) is 33.9 Å². The molecule has 1 aromatic carbocycles. The highest BCUT2D eigenvalue weighted by atomic mass is 16.5. The number of ether oxygens (including phenoxy) is 3. The molecule has 3 rings (SSSR count). The zero-order valence-corrected chi connectivity index (χ0v) is 16.6. The lowest BCUT2D eigenvalue weighted by Crippen LogP contribution is -2.53. The predicted molar refractivity (Wildman–Crippen MR) is 103 cm³/mol. The number of benzene rings is 1. The number of rotatable bonds is 5. The molecule has 8 nitrogen and oxygen atoms in total. The van der Waals surface area contributed by atoms with Gasteiger partial charge in [0.05, 0.1) is 20.8 Å². The van der Waals surface area contributed by atoms with Crippen molar-refractivity contribution in [1.29, 1.82) is 0 Å². The Morgan fingerprint density at radius 1 is 1.21 bits per heavy atom. The number of esters is 1. The van der Waals surface area contributed by atoms with Crippen LogP contribution in [-0.4, -0.2) is 56.7 Å². The van der Waals surface area contributed by atoms with Gasteiger partial charge in [-0.2, -0.15) is 0 Å². The predicted octanol–water partition coefficient (Wildman–Crippen LogP) is 1.90. The summed E-state index contributed by atoms with van der Waals surface area (Å²) >= 11 is 0. The lowest BCUT2D eigenvalue weighted by Gasteiger charge is -2.35. The van der Waals surface area contributed by atoms with E-state index < -0.39 is 23.8 Å². The number of hydrogen-bond acceptors (Lipinski definition) is 7. The Morgan fingerprint density at radius 2 is 1.96 bits per heavy atom. The fraction of sp³-hybridized carbons (Fsp3) is 0.550. The smallest absolute Gasteiger partial charge is 0.321 e. The number of guanidine groups is 1. The van der Waals surface area contributed by atoms with E-state index >= 15 is 0 Å². The lowest BCUT2D eigenvalue weighted by molar-refractivity contribution is -0.153. The molecule has 0 unspecified atom stereocenters. The second-order valence-corrected chi connectivity index (χ2v) is 6.77. The monoisotopic (exact) mass is 389 g/mol. The van der Waals surface area contributed by atoms with Gasteiger partial charge in [-0.1, -0.05) is 0 Å². The molecule has 0 spiro atoms. The molecule has 1 amide bonds. The third-order valence-corrected chi connectivity index (χ3v) is 5.05. The Bertz CT molecular complexity index is 758. The molecule has 2 aliphatic rings. The fourth-order valence-electron chi connectivity index (χ4n) is 3.62. The Morgan fingerprint density at radius 3 is 2.61 bits per heavy atom. The van der Waals surface area contributed by atoms with E-state index in [1.807, 2.05) is 0 Å². The van der Waals surface area contributed by atoms with Crippen molar-refractivity contribution in [1.82, 2.24) is 10.2 Å². The summed E-state index contributed by atoms with van der Waals surface area (Å²) in [5, 5.41) is 2.81. The van der Waals surface area contributed by atoms with E-state index in [4.69, 9.17) is 19.2 Å².